The van der Waals surface area contributed by atoms with Crippen molar-refractivity contribution in [3.05, 3.63) is 75.2 Å². The number of hydrogen-bond acceptors (Lipinski definition) is 6. The summed E-state index contributed by atoms with van der Waals surface area (Å²) in [6.07, 6.45) is 3.60. The predicted molar refractivity (Wildman–Crippen MR) is 147 cm³/mol. The van der Waals surface area contributed by atoms with Crippen LogP contribution in [-0.2, 0) is 32.4 Å². The summed E-state index contributed by atoms with van der Waals surface area (Å²) in [6.45, 7) is 7.18. The summed E-state index contributed by atoms with van der Waals surface area (Å²) < 4.78 is 33.9. The van der Waals surface area contributed by atoms with Gasteiger partial charge in [0.15, 0.2) is 0 Å². The molecule has 1 heterocycles. The Balaban J connectivity index is 1.70. The Hall–Kier alpha value is -3.17. The zero-order valence-electron chi connectivity index (χ0n) is 21.6. The van der Waals surface area contributed by atoms with Gasteiger partial charge in [-0.3, -0.25) is 9.10 Å². The number of thiophene rings is 1. The Kier molecular flexibility index (Phi) is 8.04. The highest BCUT2D eigenvalue weighted by molar-refractivity contribution is 7.92. The fraction of sp³-hybridized carbons (Fsp3) is 0.357. The van der Waals surface area contributed by atoms with Gasteiger partial charge in [-0.25, -0.2) is 13.2 Å². The molecule has 37 heavy (non-hydrogen) atoms. The summed E-state index contributed by atoms with van der Waals surface area (Å²) in [4.78, 5) is 27.4. The van der Waals surface area contributed by atoms with Gasteiger partial charge in [0.25, 0.3) is 10.0 Å². The van der Waals surface area contributed by atoms with Crippen molar-refractivity contribution in [3.8, 4) is 0 Å². The van der Waals surface area contributed by atoms with E-state index in [1.165, 1.54) is 11.3 Å². The Labute approximate surface area is 222 Å². The molecule has 1 aliphatic rings. The van der Waals surface area contributed by atoms with Crippen molar-refractivity contribution in [1.82, 2.24) is 0 Å². The van der Waals surface area contributed by atoms with Crippen LogP contribution in [0.5, 0.6) is 0 Å². The topological polar surface area (TPSA) is 92.8 Å². The molecule has 3 aromatic rings. The van der Waals surface area contributed by atoms with E-state index in [2.05, 4.69) is 5.32 Å². The molecule has 1 aromatic heterocycles. The van der Waals surface area contributed by atoms with Gasteiger partial charge in [-0.1, -0.05) is 23.8 Å². The summed E-state index contributed by atoms with van der Waals surface area (Å²) in [7, 11) is -4.04. The van der Waals surface area contributed by atoms with Crippen LogP contribution in [-0.4, -0.2) is 33.4 Å². The molecule has 7 nitrogen and oxygen atoms in total. The first kappa shape index (κ1) is 26.9. The van der Waals surface area contributed by atoms with Gasteiger partial charge >= 0.3 is 5.97 Å². The number of esters is 1. The number of nitrogens with one attached hydrogen (secondary N) is 1. The summed E-state index contributed by atoms with van der Waals surface area (Å²) in [6, 6.07) is 12.0. The standard InChI is InChI=1S/C28H32N2O5S2/c1-5-35-28(32)26-23-8-6-7-9-24(23)36-27(26)29-25(31)17-30(21-15-19(3)14-20(4)16-21)37(33,34)22-12-10-18(2)11-13-22/h10-16H,5-9,17H2,1-4H3,(H,29,31). The molecule has 1 aliphatic carbocycles. The van der Waals surface area contributed by atoms with Crippen LogP contribution < -0.4 is 9.62 Å². The first-order valence-corrected chi connectivity index (χ1v) is 14.6. The van der Waals surface area contributed by atoms with E-state index in [0.717, 1.165) is 57.1 Å². The highest BCUT2D eigenvalue weighted by Gasteiger charge is 2.30. The zero-order valence-corrected chi connectivity index (χ0v) is 23.2. The number of carbonyl (C=O) groups is 2. The molecule has 4 rings (SSSR count). The second-order valence-electron chi connectivity index (χ2n) is 9.35. The van der Waals surface area contributed by atoms with E-state index >= 15 is 0 Å². The Morgan fingerprint density at radius 3 is 2.27 bits per heavy atom. The lowest BCUT2D eigenvalue weighted by molar-refractivity contribution is -0.114. The minimum atomic E-state index is -4.04. The summed E-state index contributed by atoms with van der Waals surface area (Å²) in [5, 5.41) is 3.26. The molecule has 0 fully saturated rings. The first-order valence-electron chi connectivity index (χ1n) is 12.4. The molecule has 0 unspecified atom stereocenters. The number of aryl methyl sites for hydroxylation is 4. The molecular weight excluding hydrogens is 508 g/mol. The molecule has 196 valence electrons. The largest absolute Gasteiger partial charge is 0.462 e. The lowest BCUT2D eigenvalue weighted by atomic mass is 9.95. The van der Waals surface area contributed by atoms with E-state index in [1.807, 2.05) is 26.8 Å². The second-order valence-corrected chi connectivity index (χ2v) is 12.3. The highest BCUT2D eigenvalue weighted by Crippen LogP contribution is 2.38. The van der Waals surface area contributed by atoms with Crippen LogP contribution in [0.25, 0.3) is 0 Å². The van der Waals surface area contributed by atoms with Gasteiger partial charge in [-0.05, 0) is 94.3 Å². The van der Waals surface area contributed by atoms with Gasteiger partial charge in [0.05, 0.1) is 22.8 Å². The maximum Gasteiger partial charge on any atom is 0.341 e. The van der Waals surface area contributed by atoms with Crippen LogP contribution in [0, 0.1) is 20.8 Å². The number of sulfonamides is 1. The summed E-state index contributed by atoms with van der Waals surface area (Å²) in [5.74, 6) is -0.991. The van der Waals surface area contributed by atoms with Gasteiger partial charge in [0, 0.05) is 4.88 Å². The number of carbonyl (C=O) groups excluding carboxylic acids is 2. The van der Waals surface area contributed by atoms with Gasteiger partial charge in [0.1, 0.15) is 11.5 Å². The average Bonchev–Trinajstić information content (AvgIpc) is 3.20. The van der Waals surface area contributed by atoms with Crippen molar-refractivity contribution >= 4 is 43.9 Å². The van der Waals surface area contributed by atoms with E-state index in [9.17, 15) is 18.0 Å². The third-order valence-corrected chi connectivity index (χ3v) is 9.29. The van der Waals surface area contributed by atoms with Crippen molar-refractivity contribution in [1.29, 1.82) is 0 Å². The summed E-state index contributed by atoms with van der Waals surface area (Å²) in [5.41, 5.74) is 4.44. The quantitative estimate of drug-likeness (QED) is 0.378. The van der Waals surface area contributed by atoms with Crippen LogP contribution in [0.4, 0.5) is 10.7 Å². The number of hydrogen-bond donors (Lipinski definition) is 1. The highest BCUT2D eigenvalue weighted by atomic mass is 32.2. The number of benzene rings is 2. The average molecular weight is 541 g/mol. The molecular formula is C28H32N2O5S2. The number of rotatable bonds is 8. The van der Waals surface area contributed by atoms with E-state index < -0.39 is 28.4 Å². The molecule has 0 bridgehead atoms. The molecule has 0 aliphatic heterocycles. The molecule has 0 saturated heterocycles. The lowest BCUT2D eigenvalue weighted by Crippen LogP contribution is -2.38. The van der Waals surface area contributed by atoms with Crippen LogP contribution >= 0.6 is 11.3 Å². The smallest absolute Gasteiger partial charge is 0.341 e. The van der Waals surface area contributed by atoms with Crippen molar-refractivity contribution < 1.29 is 22.7 Å². The molecule has 9 heteroatoms. The Morgan fingerprint density at radius 2 is 1.62 bits per heavy atom. The first-order chi connectivity index (χ1) is 17.6. The molecule has 0 atom stereocenters. The fourth-order valence-corrected chi connectivity index (χ4v) is 7.32. The number of fused-ring (bicyclic) bond motifs is 1. The van der Waals surface area contributed by atoms with Crippen LogP contribution in [0.1, 0.15) is 57.3 Å². The fourth-order valence-electron chi connectivity index (χ4n) is 4.62. The minimum absolute atomic E-state index is 0.101. The molecule has 1 amide bonds. The van der Waals surface area contributed by atoms with Crippen molar-refractivity contribution in [2.24, 2.45) is 0 Å². The van der Waals surface area contributed by atoms with Gasteiger partial charge in [0.2, 0.25) is 5.91 Å². The van der Waals surface area contributed by atoms with Crippen LogP contribution in [0.15, 0.2) is 47.4 Å². The van der Waals surface area contributed by atoms with Gasteiger partial charge in [-0.2, -0.15) is 0 Å². The second kappa shape index (κ2) is 11.1. The molecule has 0 saturated carbocycles. The Bertz CT molecular complexity index is 1410. The van der Waals surface area contributed by atoms with Crippen LogP contribution in [0.2, 0.25) is 0 Å². The minimum Gasteiger partial charge on any atom is -0.462 e. The monoisotopic (exact) mass is 540 g/mol. The molecule has 0 spiro atoms. The maximum absolute atomic E-state index is 13.7. The number of ether oxygens (including phenoxy) is 1. The Morgan fingerprint density at radius 1 is 0.973 bits per heavy atom. The SMILES string of the molecule is CCOC(=O)c1c(NC(=O)CN(c2cc(C)cc(C)c2)S(=O)(=O)c2ccc(C)cc2)sc2c1CCCC2. The summed E-state index contributed by atoms with van der Waals surface area (Å²) >= 11 is 1.38. The molecule has 1 N–H and O–H groups in total. The van der Waals surface area contributed by atoms with E-state index in [0.29, 0.717) is 16.3 Å². The van der Waals surface area contributed by atoms with E-state index in [4.69, 9.17) is 4.74 Å². The number of nitrogens with zero attached hydrogens (tertiary/aromatic N) is 1. The third-order valence-electron chi connectivity index (χ3n) is 6.29. The zero-order chi connectivity index (χ0) is 26.7. The third kappa shape index (κ3) is 5.88. The number of amides is 1. The van der Waals surface area contributed by atoms with Crippen molar-refractivity contribution in [2.75, 3.05) is 22.8 Å². The van der Waals surface area contributed by atoms with E-state index in [1.54, 1.807) is 43.3 Å². The lowest BCUT2D eigenvalue weighted by Gasteiger charge is -2.25. The molecule has 0 radical (unpaired) electrons. The molecule has 2 aromatic carbocycles. The predicted octanol–water partition coefficient (Wildman–Crippen LogP) is 5.56. The van der Waals surface area contributed by atoms with Gasteiger partial charge < -0.3 is 10.1 Å². The van der Waals surface area contributed by atoms with Crippen LogP contribution in [0.3, 0.4) is 0 Å². The van der Waals surface area contributed by atoms with Crippen molar-refractivity contribution in [2.45, 2.75) is 58.3 Å². The van der Waals surface area contributed by atoms with E-state index in [-0.39, 0.29) is 11.5 Å². The maximum atomic E-state index is 13.7. The van der Waals surface area contributed by atoms with Crippen molar-refractivity contribution in [3.63, 3.8) is 0 Å². The number of anilines is 2. The van der Waals surface area contributed by atoms with Gasteiger partial charge in [-0.15, -0.1) is 11.3 Å². The normalized spacial score (nSPS) is 13.1.